The Hall–Kier alpha value is -2.68. The van der Waals surface area contributed by atoms with Gasteiger partial charge in [0.2, 0.25) is 5.39 Å². The van der Waals surface area contributed by atoms with Gasteiger partial charge in [0.1, 0.15) is 0 Å². The topological polar surface area (TPSA) is 75.9 Å². The number of aromatic nitrogens is 1. The largest absolute Gasteiger partial charge is 0.462 e. The maximum absolute atomic E-state index is 11.8. The summed E-state index contributed by atoms with van der Waals surface area (Å²) in [6.45, 7) is 1.91. The lowest BCUT2D eigenvalue weighted by atomic mass is 10.2. The fourth-order valence-corrected chi connectivity index (χ4v) is 1.68. The summed E-state index contributed by atoms with van der Waals surface area (Å²) in [5.41, 5.74) is -0.110. The van der Waals surface area contributed by atoms with Crippen molar-refractivity contribution in [3.05, 3.63) is 51.4 Å². The van der Waals surface area contributed by atoms with E-state index in [-0.39, 0.29) is 17.9 Å². The van der Waals surface area contributed by atoms with Crippen molar-refractivity contribution in [3.63, 3.8) is 0 Å². The van der Waals surface area contributed by atoms with Gasteiger partial charge in [-0.3, -0.25) is 9.20 Å². The molecule has 0 fully saturated rings. The van der Waals surface area contributed by atoms with Gasteiger partial charge < -0.3 is 4.74 Å². The highest BCUT2D eigenvalue weighted by Crippen LogP contribution is 2.16. The van der Waals surface area contributed by atoms with Crippen molar-refractivity contribution in [1.29, 1.82) is 5.39 Å². The van der Waals surface area contributed by atoms with Gasteiger partial charge in [-0.1, -0.05) is 6.07 Å². The molecule has 6 nitrogen and oxygen atoms in total. The minimum Gasteiger partial charge on any atom is -0.462 e. The van der Waals surface area contributed by atoms with Crippen LogP contribution in [0, 0.1) is 5.39 Å². The maximum atomic E-state index is 11.8. The SMILES string of the molecule is CCOC(=O)c1cc([N+]#N)c(=O)n2ccccc12. The number of diazo groups is 1. The molecule has 0 spiro atoms. The van der Waals surface area contributed by atoms with E-state index in [1.165, 1.54) is 16.7 Å². The van der Waals surface area contributed by atoms with E-state index in [1.807, 2.05) is 0 Å². The van der Waals surface area contributed by atoms with E-state index in [1.54, 1.807) is 25.1 Å². The predicted octanol–water partition coefficient (Wildman–Crippen LogP) is 1.96. The van der Waals surface area contributed by atoms with Gasteiger partial charge in [-0.2, -0.15) is 0 Å². The lowest BCUT2D eigenvalue weighted by Crippen LogP contribution is -2.16. The fraction of sp³-hybridized carbons (Fsp3) is 0.167. The van der Waals surface area contributed by atoms with Crippen LogP contribution in [0.2, 0.25) is 0 Å². The van der Waals surface area contributed by atoms with Crippen molar-refractivity contribution >= 4 is 17.2 Å². The van der Waals surface area contributed by atoms with Gasteiger partial charge >= 0.3 is 17.2 Å². The molecule has 0 N–H and O–H groups in total. The van der Waals surface area contributed by atoms with Crippen molar-refractivity contribution in [2.24, 2.45) is 0 Å². The van der Waals surface area contributed by atoms with Crippen LogP contribution in [0.1, 0.15) is 17.3 Å². The number of carbonyl (C=O) groups excluding carboxylic acids is 1. The third-order valence-electron chi connectivity index (χ3n) is 2.46. The van der Waals surface area contributed by atoms with Crippen molar-refractivity contribution in [3.8, 4) is 0 Å². The van der Waals surface area contributed by atoms with Gasteiger partial charge in [-0.25, -0.2) is 4.79 Å². The molecule has 18 heavy (non-hydrogen) atoms. The molecule has 2 aromatic heterocycles. The van der Waals surface area contributed by atoms with Gasteiger partial charge in [-0.05, 0) is 19.1 Å². The first-order valence-electron chi connectivity index (χ1n) is 5.35. The molecule has 0 bridgehead atoms. The Bertz CT molecular complexity index is 713. The standard InChI is InChI=1S/C12H10N3O3/c1-2-18-12(17)8-7-9(14-13)11(16)15-6-4-3-5-10(8)15/h3-7H,2H2,1H3/q+1. The summed E-state index contributed by atoms with van der Waals surface area (Å²) < 4.78 is 6.14. The number of hydrogen-bond acceptors (Lipinski definition) is 4. The summed E-state index contributed by atoms with van der Waals surface area (Å²) >= 11 is 0. The van der Waals surface area contributed by atoms with Crippen LogP contribution in [0.3, 0.4) is 0 Å². The zero-order valence-corrected chi connectivity index (χ0v) is 9.66. The molecule has 0 saturated heterocycles. The van der Waals surface area contributed by atoms with E-state index in [4.69, 9.17) is 10.1 Å². The molecular formula is C12H10N3O3+. The van der Waals surface area contributed by atoms with E-state index < -0.39 is 11.5 Å². The molecule has 0 atom stereocenters. The van der Waals surface area contributed by atoms with Gasteiger partial charge in [0.05, 0.1) is 23.8 Å². The lowest BCUT2D eigenvalue weighted by Gasteiger charge is -2.05. The molecule has 0 aromatic carbocycles. The normalized spacial score (nSPS) is 10.0. The smallest absolute Gasteiger partial charge is 0.450 e. The second-order valence-electron chi connectivity index (χ2n) is 3.52. The number of fused-ring (bicyclic) bond motifs is 1. The first-order valence-corrected chi connectivity index (χ1v) is 5.35. The number of rotatable bonds is 2. The number of esters is 1. The van der Waals surface area contributed by atoms with E-state index in [9.17, 15) is 9.59 Å². The Balaban J connectivity index is 2.81. The summed E-state index contributed by atoms with van der Waals surface area (Å²) in [4.78, 5) is 26.5. The van der Waals surface area contributed by atoms with E-state index in [2.05, 4.69) is 4.98 Å². The Morgan fingerprint density at radius 2 is 2.28 bits per heavy atom. The Kier molecular flexibility index (Phi) is 3.06. The number of carbonyl (C=O) groups is 1. The third-order valence-corrected chi connectivity index (χ3v) is 2.46. The van der Waals surface area contributed by atoms with E-state index in [0.29, 0.717) is 5.52 Å². The third kappa shape index (κ3) is 1.82. The summed E-state index contributed by atoms with van der Waals surface area (Å²) in [7, 11) is 0. The molecule has 0 amide bonds. The van der Waals surface area contributed by atoms with Crippen LogP contribution in [-0.4, -0.2) is 17.0 Å². The van der Waals surface area contributed by atoms with E-state index in [0.717, 1.165) is 0 Å². The molecule has 2 aromatic rings. The van der Waals surface area contributed by atoms with Gasteiger partial charge in [0, 0.05) is 6.20 Å². The molecule has 2 heterocycles. The van der Waals surface area contributed by atoms with Crippen LogP contribution in [0.25, 0.3) is 10.5 Å². The summed E-state index contributed by atoms with van der Waals surface area (Å²) in [5, 5.41) is 8.77. The molecule has 0 aliphatic heterocycles. The van der Waals surface area contributed by atoms with Gasteiger partial charge in [0.15, 0.2) is 4.98 Å². The molecule has 2 rings (SSSR count). The first-order chi connectivity index (χ1) is 8.69. The fourth-order valence-electron chi connectivity index (χ4n) is 1.68. The van der Waals surface area contributed by atoms with Crippen LogP contribution in [0.15, 0.2) is 35.3 Å². The average Bonchev–Trinajstić information content (AvgIpc) is 2.40. The van der Waals surface area contributed by atoms with E-state index >= 15 is 0 Å². The molecule has 0 aliphatic rings. The zero-order chi connectivity index (χ0) is 13.1. The molecule has 6 heteroatoms. The summed E-state index contributed by atoms with van der Waals surface area (Å²) in [5.74, 6) is -0.564. The summed E-state index contributed by atoms with van der Waals surface area (Å²) in [6.07, 6.45) is 1.50. The highest BCUT2D eigenvalue weighted by Gasteiger charge is 2.22. The molecule has 0 radical (unpaired) electrons. The number of nitrogens with zero attached hydrogens (tertiary/aromatic N) is 3. The second-order valence-corrected chi connectivity index (χ2v) is 3.52. The number of pyridine rings is 2. The zero-order valence-electron chi connectivity index (χ0n) is 9.66. The Morgan fingerprint density at radius 3 is 2.94 bits per heavy atom. The highest BCUT2D eigenvalue weighted by atomic mass is 16.5. The minimum atomic E-state index is -0.564. The van der Waals surface area contributed by atoms with Gasteiger partial charge in [0.25, 0.3) is 0 Å². The first kappa shape index (κ1) is 11.8. The molecule has 90 valence electrons. The lowest BCUT2D eigenvalue weighted by molar-refractivity contribution is 0.0528. The second kappa shape index (κ2) is 4.67. The van der Waals surface area contributed by atoms with Gasteiger partial charge in [-0.15, -0.1) is 0 Å². The van der Waals surface area contributed by atoms with Crippen molar-refractivity contribution in [1.82, 2.24) is 4.40 Å². The summed E-state index contributed by atoms with van der Waals surface area (Å²) in [6, 6.07) is 6.18. The quantitative estimate of drug-likeness (QED) is 0.597. The minimum absolute atomic E-state index is 0.185. The van der Waals surface area contributed by atoms with Crippen LogP contribution in [0.5, 0.6) is 0 Å². The average molecular weight is 244 g/mol. The van der Waals surface area contributed by atoms with Crippen LogP contribution >= 0.6 is 0 Å². The molecule has 0 saturated carbocycles. The highest BCUT2D eigenvalue weighted by molar-refractivity contribution is 5.97. The Labute approximate surface area is 102 Å². The number of ether oxygens (including phenoxy) is 1. The van der Waals surface area contributed by atoms with Crippen LogP contribution < -0.4 is 5.56 Å². The molecule has 0 unspecified atom stereocenters. The Morgan fingerprint density at radius 1 is 1.50 bits per heavy atom. The van der Waals surface area contributed by atoms with Crippen LogP contribution in [-0.2, 0) is 4.74 Å². The van der Waals surface area contributed by atoms with Crippen molar-refractivity contribution in [2.75, 3.05) is 6.61 Å². The maximum Gasteiger partial charge on any atom is 0.450 e. The monoisotopic (exact) mass is 244 g/mol. The van der Waals surface area contributed by atoms with Crippen molar-refractivity contribution in [2.45, 2.75) is 6.92 Å². The molecule has 0 aliphatic carbocycles. The predicted molar refractivity (Wildman–Crippen MR) is 64.4 cm³/mol. The number of hydrogen-bond donors (Lipinski definition) is 0. The molecular weight excluding hydrogens is 234 g/mol. The van der Waals surface area contributed by atoms with Crippen molar-refractivity contribution < 1.29 is 9.53 Å². The van der Waals surface area contributed by atoms with Crippen LogP contribution in [0.4, 0.5) is 5.69 Å².